The average molecular weight is 235 g/mol. The van der Waals surface area contributed by atoms with Crippen LogP contribution in [0.3, 0.4) is 0 Å². The smallest absolute Gasteiger partial charge is 0.227 e. The molecular weight excluding hydrogens is 214 g/mol. The van der Waals surface area contributed by atoms with Gasteiger partial charge in [-0.3, -0.25) is 9.59 Å². The third-order valence-corrected chi connectivity index (χ3v) is 5.18. The van der Waals surface area contributed by atoms with Gasteiger partial charge in [0.1, 0.15) is 5.78 Å². The molecule has 0 saturated heterocycles. The Labute approximate surface area is 102 Å². The van der Waals surface area contributed by atoms with Crippen LogP contribution in [0.25, 0.3) is 0 Å². The molecule has 5 unspecified atom stereocenters. The van der Waals surface area contributed by atoms with E-state index in [9.17, 15) is 9.59 Å². The predicted octanol–water partition coefficient (Wildman–Crippen LogP) is 1.91. The van der Waals surface area contributed by atoms with Crippen LogP contribution in [-0.2, 0) is 9.59 Å². The monoisotopic (exact) mass is 235 g/mol. The Hall–Kier alpha value is -0.860. The summed E-state index contributed by atoms with van der Waals surface area (Å²) in [5.74, 6) is 3.30. The number of carbonyl (C=O) groups is 2. The summed E-state index contributed by atoms with van der Waals surface area (Å²) in [5.41, 5.74) is 0. The van der Waals surface area contributed by atoms with Crippen molar-refractivity contribution < 1.29 is 9.59 Å². The number of rotatable bonds is 3. The lowest BCUT2D eigenvalue weighted by Gasteiger charge is -2.32. The number of ketones is 1. The molecule has 3 aliphatic rings. The van der Waals surface area contributed by atoms with E-state index in [-0.39, 0.29) is 18.1 Å². The highest BCUT2D eigenvalue weighted by Gasteiger charge is 2.53. The second-order valence-corrected chi connectivity index (χ2v) is 6.21. The minimum Gasteiger partial charge on any atom is -0.353 e. The van der Waals surface area contributed by atoms with E-state index in [1.807, 2.05) is 0 Å². The van der Waals surface area contributed by atoms with Crippen molar-refractivity contribution in [3.8, 4) is 0 Å². The van der Waals surface area contributed by atoms with Crippen molar-refractivity contribution in [2.45, 2.75) is 51.5 Å². The van der Waals surface area contributed by atoms with Crippen molar-refractivity contribution >= 4 is 11.7 Å². The van der Waals surface area contributed by atoms with Gasteiger partial charge in [-0.15, -0.1) is 0 Å². The topological polar surface area (TPSA) is 46.2 Å². The zero-order chi connectivity index (χ0) is 12.0. The second kappa shape index (κ2) is 4.11. The van der Waals surface area contributed by atoms with Crippen LogP contribution in [0.5, 0.6) is 0 Å². The molecule has 3 aliphatic carbocycles. The van der Waals surface area contributed by atoms with E-state index in [0.717, 1.165) is 24.2 Å². The lowest BCUT2D eigenvalue weighted by molar-refractivity contribution is -0.128. The standard InChI is InChI=1S/C14H21NO2/c1-8(16)5-14(17)15-13-7-9-6-12(13)11-4-2-3-10(9)11/h9-13H,2-7H2,1H3,(H,15,17). The maximum absolute atomic E-state index is 11.6. The summed E-state index contributed by atoms with van der Waals surface area (Å²) in [6.45, 7) is 1.48. The molecule has 2 bridgehead atoms. The fourth-order valence-corrected chi connectivity index (χ4v) is 4.72. The van der Waals surface area contributed by atoms with Crippen molar-refractivity contribution in [1.82, 2.24) is 5.32 Å². The second-order valence-electron chi connectivity index (χ2n) is 6.21. The minimum atomic E-state index is -0.0652. The number of carbonyl (C=O) groups excluding carboxylic acids is 2. The molecule has 0 radical (unpaired) electrons. The zero-order valence-corrected chi connectivity index (χ0v) is 10.4. The van der Waals surface area contributed by atoms with E-state index >= 15 is 0 Å². The molecule has 3 fully saturated rings. The molecule has 5 atom stereocenters. The Kier molecular flexibility index (Phi) is 2.72. The molecule has 1 amide bonds. The number of amides is 1. The third kappa shape index (κ3) is 1.90. The van der Waals surface area contributed by atoms with Crippen LogP contribution in [0.4, 0.5) is 0 Å². The van der Waals surface area contributed by atoms with E-state index < -0.39 is 0 Å². The lowest BCUT2D eigenvalue weighted by atomic mass is 9.79. The highest BCUT2D eigenvalue weighted by Crippen LogP contribution is 2.58. The van der Waals surface area contributed by atoms with Crippen molar-refractivity contribution in [3.05, 3.63) is 0 Å². The van der Waals surface area contributed by atoms with Gasteiger partial charge in [0, 0.05) is 6.04 Å². The van der Waals surface area contributed by atoms with Gasteiger partial charge in [0.25, 0.3) is 0 Å². The van der Waals surface area contributed by atoms with E-state index in [1.165, 1.54) is 32.6 Å². The Morgan fingerprint density at radius 3 is 2.65 bits per heavy atom. The first-order chi connectivity index (χ1) is 8.15. The van der Waals surface area contributed by atoms with Crippen molar-refractivity contribution in [2.24, 2.45) is 23.7 Å². The Balaban J connectivity index is 1.60. The van der Waals surface area contributed by atoms with Gasteiger partial charge in [-0.05, 0) is 56.3 Å². The van der Waals surface area contributed by atoms with Gasteiger partial charge in [0.2, 0.25) is 5.91 Å². The van der Waals surface area contributed by atoms with Crippen molar-refractivity contribution in [1.29, 1.82) is 0 Å². The summed E-state index contributed by atoms with van der Waals surface area (Å²) in [7, 11) is 0. The molecule has 3 nitrogen and oxygen atoms in total. The molecule has 0 aromatic rings. The van der Waals surface area contributed by atoms with Crippen LogP contribution in [0.2, 0.25) is 0 Å². The van der Waals surface area contributed by atoms with Gasteiger partial charge in [-0.25, -0.2) is 0 Å². The highest BCUT2D eigenvalue weighted by molar-refractivity contribution is 5.96. The number of hydrogen-bond donors (Lipinski definition) is 1. The Morgan fingerprint density at radius 1 is 1.12 bits per heavy atom. The lowest BCUT2D eigenvalue weighted by Crippen LogP contribution is -2.42. The molecule has 3 heteroatoms. The molecule has 17 heavy (non-hydrogen) atoms. The summed E-state index contributed by atoms with van der Waals surface area (Å²) in [5, 5.41) is 3.09. The first kappa shape index (κ1) is 11.2. The fourth-order valence-electron chi connectivity index (χ4n) is 4.72. The predicted molar refractivity (Wildman–Crippen MR) is 64.3 cm³/mol. The molecule has 0 heterocycles. The summed E-state index contributed by atoms with van der Waals surface area (Å²) >= 11 is 0. The van der Waals surface area contributed by atoms with Gasteiger partial charge in [-0.1, -0.05) is 6.42 Å². The van der Waals surface area contributed by atoms with Crippen LogP contribution in [-0.4, -0.2) is 17.7 Å². The first-order valence-corrected chi connectivity index (χ1v) is 6.94. The first-order valence-electron chi connectivity index (χ1n) is 6.94. The molecule has 0 aliphatic heterocycles. The number of Topliss-reactive ketones (excluding diaryl/α,β-unsaturated/α-hetero) is 1. The average Bonchev–Trinajstić information content (AvgIpc) is 2.83. The van der Waals surface area contributed by atoms with Gasteiger partial charge < -0.3 is 5.32 Å². The van der Waals surface area contributed by atoms with Crippen LogP contribution in [0.1, 0.15) is 45.4 Å². The van der Waals surface area contributed by atoms with Crippen molar-refractivity contribution in [3.63, 3.8) is 0 Å². The Morgan fingerprint density at radius 2 is 1.88 bits per heavy atom. The van der Waals surface area contributed by atoms with Gasteiger partial charge >= 0.3 is 0 Å². The number of hydrogen-bond acceptors (Lipinski definition) is 2. The molecule has 3 rings (SSSR count). The van der Waals surface area contributed by atoms with Crippen molar-refractivity contribution in [2.75, 3.05) is 0 Å². The molecular formula is C14H21NO2. The highest BCUT2D eigenvalue weighted by atomic mass is 16.2. The van der Waals surface area contributed by atoms with Crippen LogP contribution < -0.4 is 5.32 Å². The number of nitrogens with one attached hydrogen (secondary N) is 1. The van der Waals surface area contributed by atoms with Crippen LogP contribution in [0.15, 0.2) is 0 Å². The summed E-state index contributed by atoms with van der Waals surface area (Å²) in [6, 6.07) is 0.367. The van der Waals surface area contributed by atoms with E-state index in [0.29, 0.717) is 12.0 Å². The zero-order valence-electron chi connectivity index (χ0n) is 10.4. The van der Waals surface area contributed by atoms with Crippen LogP contribution in [0, 0.1) is 23.7 Å². The van der Waals surface area contributed by atoms with E-state index in [4.69, 9.17) is 0 Å². The van der Waals surface area contributed by atoms with Gasteiger partial charge in [-0.2, -0.15) is 0 Å². The van der Waals surface area contributed by atoms with Gasteiger partial charge in [0.05, 0.1) is 6.42 Å². The fraction of sp³-hybridized carbons (Fsp3) is 0.857. The van der Waals surface area contributed by atoms with E-state index in [1.54, 1.807) is 0 Å². The molecule has 3 saturated carbocycles. The summed E-state index contributed by atoms with van der Waals surface area (Å²) in [6.07, 6.45) is 6.71. The molecule has 0 spiro atoms. The quantitative estimate of drug-likeness (QED) is 0.759. The summed E-state index contributed by atoms with van der Waals surface area (Å²) < 4.78 is 0. The minimum absolute atomic E-state index is 0.0376. The molecule has 94 valence electrons. The molecule has 0 aromatic heterocycles. The number of fused-ring (bicyclic) bond motifs is 5. The third-order valence-electron chi connectivity index (χ3n) is 5.18. The SMILES string of the molecule is CC(=O)CC(=O)NC1CC2CC1C1CCCC21. The maximum atomic E-state index is 11.6. The Bertz CT molecular complexity index is 352. The molecule has 1 N–H and O–H groups in total. The largest absolute Gasteiger partial charge is 0.353 e. The maximum Gasteiger partial charge on any atom is 0.227 e. The molecule has 0 aromatic carbocycles. The van der Waals surface area contributed by atoms with Gasteiger partial charge in [0.15, 0.2) is 0 Å². The normalized spacial score (nSPS) is 42.5. The summed E-state index contributed by atoms with van der Waals surface area (Å²) in [4.78, 5) is 22.6. The van der Waals surface area contributed by atoms with E-state index in [2.05, 4.69) is 5.32 Å². The van der Waals surface area contributed by atoms with Crippen LogP contribution >= 0.6 is 0 Å².